The lowest BCUT2D eigenvalue weighted by Crippen LogP contribution is -2.56. The zero-order valence-electron chi connectivity index (χ0n) is 26.0. The summed E-state index contributed by atoms with van der Waals surface area (Å²) < 4.78 is 70.8. The molecule has 1 N–H and O–H groups in total. The molecular weight excluding hydrogens is 695 g/mol. The maximum atomic E-state index is 14.5. The van der Waals surface area contributed by atoms with Crippen LogP contribution in [0.15, 0.2) is 119 Å². The quantitative estimate of drug-likeness (QED) is 0.177. The molecule has 248 valence electrons. The average Bonchev–Trinajstić information content (AvgIpc) is 3.02. The summed E-state index contributed by atoms with van der Waals surface area (Å²) in [5.74, 6) is -1.25. The minimum Gasteiger partial charge on any atom is -0.350 e. The number of hydrogen-bond donors (Lipinski definition) is 1. The van der Waals surface area contributed by atoms with Crippen LogP contribution < -0.4 is 9.62 Å². The Morgan fingerprint density at radius 1 is 0.809 bits per heavy atom. The zero-order chi connectivity index (χ0) is 34.4. The molecule has 0 aliphatic carbocycles. The van der Waals surface area contributed by atoms with Gasteiger partial charge in [0.15, 0.2) is 0 Å². The highest BCUT2D eigenvalue weighted by molar-refractivity contribution is 9.10. The predicted molar refractivity (Wildman–Crippen MR) is 179 cm³/mol. The Morgan fingerprint density at radius 2 is 1.40 bits per heavy atom. The molecule has 0 aliphatic rings. The topological polar surface area (TPSA) is 86.8 Å². The molecule has 0 aromatic heterocycles. The van der Waals surface area contributed by atoms with E-state index in [4.69, 9.17) is 0 Å². The molecule has 0 fully saturated rings. The molecule has 2 amide bonds. The third-order valence-electron chi connectivity index (χ3n) is 7.11. The summed E-state index contributed by atoms with van der Waals surface area (Å²) in [5, 5.41) is 2.94. The fraction of sp³-hybridized carbons (Fsp3) is 0.257. The molecule has 0 aliphatic heterocycles. The number of amides is 2. The van der Waals surface area contributed by atoms with E-state index < -0.39 is 51.7 Å². The molecular formula is C35H35BrF3N3O4S. The van der Waals surface area contributed by atoms with Gasteiger partial charge in [-0.25, -0.2) is 8.42 Å². The molecule has 0 bridgehead atoms. The molecule has 1 atom stereocenters. The van der Waals surface area contributed by atoms with E-state index in [0.29, 0.717) is 15.9 Å². The van der Waals surface area contributed by atoms with Crippen molar-refractivity contribution >= 4 is 43.5 Å². The third kappa shape index (κ3) is 9.68. The van der Waals surface area contributed by atoms with Crippen LogP contribution in [0.25, 0.3) is 0 Å². The van der Waals surface area contributed by atoms with Crippen LogP contribution in [0.2, 0.25) is 0 Å². The van der Waals surface area contributed by atoms with E-state index >= 15 is 0 Å². The van der Waals surface area contributed by atoms with E-state index in [-0.39, 0.29) is 23.5 Å². The van der Waals surface area contributed by atoms with Crippen molar-refractivity contribution in [2.24, 2.45) is 0 Å². The normalized spacial score (nSPS) is 12.7. The van der Waals surface area contributed by atoms with Crippen molar-refractivity contribution in [2.45, 2.75) is 56.4 Å². The number of hydrogen-bond acceptors (Lipinski definition) is 4. The van der Waals surface area contributed by atoms with Gasteiger partial charge < -0.3 is 10.2 Å². The highest BCUT2D eigenvalue weighted by Gasteiger charge is 2.37. The van der Waals surface area contributed by atoms with Crippen LogP contribution in [0.3, 0.4) is 0 Å². The van der Waals surface area contributed by atoms with E-state index in [1.54, 1.807) is 63.2 Å². The molecule has 4 rings (SSSR count). The number of alkyl halides is 3. The number of sulfonamides is 1. The van der Waals surface area contributed by atoms with Crippen LogP contribution in [0.1, 0.15) is 37.5 Å². The van der Waals surface area contributed by atoms with Crippen LogP contribution in [0.5, 0.6) is 0 Å². The lowest BCUT2D eigenvalue weighted by Gasteiger charge is -2.35. The number of carbonyl (C=O) groups is 2. The Kier molecular flexibility index (Phi) is 11.2. The standard InChI is InChI=1S/C35H35BrF3N3O4S/c1-34(2,3)40-33(44)31(21-25-11-6-4-7-12-25)41(23-26-17-19-28(36)20-18-26)32(43)24-42(47(45,46)30-15-8-5-9-16-30)29-14-10-13-27(22-29)35(37,38)39/h4-20,22,31H,21,23-24H2,1-3H3,(H,40,44). The van der Waals surface area contributed by atoms with Gasteiger partial charge in [-0.3, -0.25) is 13.9 Å². The van der Waals surface area contributed by atoms with Gasteiger partial charge in [0.2, 0.25) is 11.8 Å². The first-order valence-corrected chi connectivity index (χ1v) is 16.9. The zero-order valence-corrected chi connectivity index (χ0v) is 28.4. The average molecular weight is 731 g/mol. The van der Waals surface area contributed by atoms with Gasteiger partial charge in [0.25, 0.3) is 10.0 Å². The fourth-order valence-corrected chi connectivity index (χ4v) is 6.57. The molecule has 0 radical (unpaired) electrons. The smallest absolute Gasteiger partial charge is 0.350 e. The van der Waals surface area contributed by atoms with Crippen molar-refractivity contribution < 1.29 is 31.2 Å². The molecule has 47 heavy (non-hydrogen) atoms. The first-order chi connectivity index (χ1) is 22.0. The van der Waals surface area contributed by atoms with E-state index in [0.717, 1.165) is 22.2 Å². The van der Waals surface area contributed by atoms with Gasteiger partial charge in [-0.2, -0.15) is 13.2 Å². The number of nitrogens with one attached hydrogen (secondary N) is 1. The molecule has 0 spiro atoms. The first kappa shape index (κ1) is 35.7. The maximum absolute atomic E-state index is 14.5. The van der Waals surface area contributed by atoms with Crippen LogP contribution in [-0.2, 0) is 38.8 Å². The first-order valence-electron chi connectivity index (χ1n) is 14.7. The second-order valence-electron chi connectivity index (χ2n) is 12.0. The third-order valence-corrected chi connectivity index (χ3v) is 9.42. The highest BCUT2D eigenvalue weighted by atomic mass is 79.9. The van der Waals surface area contributed by atoms with Crippen molar-refractivity contribution in [3.8, 4) is 0 Å². The van der Waals surface area contributed by atoms with Gasteiger partial charge >= 0.3 is 6.18 Å². The fourth-order valence-electron chi connectivity index (χ4n) is 4.88. The number of carbonyl (C=O) groups excluding carboxylic acids is 2. The van der Waals surface area contributed by atoms with Crippen molar-refractivity contribution in [3.63, 3.8) is 0 Å². The highest BCUT2D eigenvalue weighted by Crippen LogP contribution is 2.33. The minimum absolute atomic E-state index is 0.0804. The summed E-state index contributed by atoms with van der Waals surface area (Å²) >= 11 is 3.39. The van der Waals surface area contributed by atoms with E-state index in [2.05, 4.69) is 21.2 Å². The second-order valence-corrected chi connectivity index (χ2v) is 14.7. The van der Waals surface area contributed by atoms with E-state index in [9.17, 15) is 31.2 Å². The van der Waals surface area contributed by atoms with Crippen molar-refractivity contribution in [1.29, 1.82) is 0 Å². The molecule has 4 aromatic rings. The summed E-state index contributed by atoms with van der Waals surface area (Å²) in [6.07, 6.45) is -4.67. The summed E-state index contributed by atoms with van der Waals surface area (Å²) in [7, 11) is -4.55. The Bertz CT molecular complexity index is 1780. The van der Waals surface area contributed by atoms with Gasteiger partial charge in [0.1, 0.15) is 12.6 Å². The number of nitrogens with zero attached hydrogens (tertiary/aromatic N) is 2. The summed E-state index contributed by atoms with van der Waals surface area (Å²) in [5.41, 5.74) is -0.686. The summed E-state index contributed by atoms with van der Waals surface area (Å²) in [4.78, 5) is 29.5. The Balaban J connectivity index is 1.85. The summed E-state index contributed by atoms with van der Waals surface area (Å²) in [6, 6.07) is 26.0. The Hall–Kier alpha value is -4.16. The van der Waals surface area contributed by atoms with Crippen molar-refractivity contribution in [3.05, 3.63) is 130 Å². The lowest BCUT2D eigenvalue weighted by atomic mass is 10.0. The molecule has 4 aromatic carbocycles. The summed E-state index contributed by atoms with van der Waals surface area (Å²) in [6.45, 7) is 4.44. The molecule has 1 unspecified atom stereocenters. The van der Waals surface area contributed by atoms with Crippen molar-refractivity contribution in [1.82, 2.24) is 10.2 Å². The SMILES string of the molecule is CC(C)(C)NC(=O)C(Cc1ccccc1)N(Cc1ccc(Br)cc1)C(=O)CN(c1cccc(C(F)(F)F)c1)S(=O)(=O)c1ccccc1. The van der Waals surface area contributed by atoms with Gasteiger partial charge in [-0.1, -0.05) is 82.7 Å². The number of benzene rings is 4. The van der Waals surface area contributed by atoms with Crippen LogP contribution >= 0.6 is 15.9 Å². The second kappa shape index (κ2) is 14.7. The molecule has 0 saturated carbocycles. The Labute approximate surface area is 281 Å². The van der Waals surface area contributed by atoms with Crippen LogP contribution in [0, 0.1) is 0 Å². The van der Waals surface area contributed by atoms with E-state index in [1.165, 1.54) is 35.2 Å². The molecule has 0 saturated heterocycles. The van der Waals surface area contributed by atoms with Gasteiger partial charge in [0, 0.05) is 23.0 Å². The predicted octanol–water partition coefficient (Wildman–Crippen LogP) is 7.22. The molecule has 0 heterocycles. The van der Waals surface area contributed by atoms with Crippen LogP contribution in [0.4, 0.5) is 18.9 Å². The number of rotatable bonds is 11. The number of halogens is 4. The van der Waals surface area contributed by atoms with Crippen LogP contribution in [-0.4, -0.2) is 43.3 Å². The van der Waals surface area contributed by atoms with Crippen molar-refractivity contribution in [2.75, 3.05) is 10.8 Å². The molecule has 7 nitrogen and oxygen atoms in total. The Morgan fingerprint density at radius 3 is 1.98 bits per heavy atom. The van der Waals surface area contributed by atoms with Gasteiger partial charge in [-0.15, -0.1) is 0 Å². The lowest BCUT2D eigenvalue weighted by molar-refractivity contribution is -0.140. The van der Waals surface area contributed by atoms with Gasteiger partial charge in [0.05, 0.1) is 16.1 Å². The molecule has 12 heteroatoms. The largest absolute Gasteiger partial charge is 0.416 e. The van der Waals surface area contributed by atoms with Gasteiger partial charge in [-0.05, 0) is 74.4 Å². The van der Waals surface area contributed by atoms with E-state index in [1.807, 2.05) is 18.2 Å². The minimum atomic E-state index is -4.76. The number of anilines is 1. The monoisotopic (exact) mass is 729 g/mol. The maximum Gasteiger partial charge on any atom is 0.416 e.